The summed E-state index contributed by atoms with van der Waals surface area (Å²) in [5.41, 5.74) is 8.02. The number of benzene rings is 1. The van der Waals surface area contributed by atoms with Crippen molar-refractivity contribution in [3.63, 3.8) is 0 Å². The monoisotopic (exact) mass is 333 g/mol. The molecule has 1 aromatic rings. The van der Waals surface area contributed by atoms with E-state index in [9.17, 15) is 0 Å². The first-order valence-electron chi connectivity index (χ1n) is 7.37. The highest BCUT2D eigenvalue weighted by Gasteiger charge is 2.28. The van der Waals surface area contributed by atoms with Crippen molar-refractivity contribution in [3.05, 3.63) is 29.8 Å². The number of halogens is 2. The van der Waals surface area contributed by atoms with Crippen molar-refractivity contribution in [1.29, 1.82) is 0 Å². The minimum atomic E-state index is 0. The number of nitrogen functional groups attached to an aromatic ring is 1. The van der Waals surface area contributed by atoms with Crippen molar-refractivity contribution in [2.45, 2.75) is 32.9 Å². The third-order valence-electron chi connectivity index (χ3n) is 4.34. The third-order valence-corrected chi connectivity index (χ3v) is 4.34. The predicted molar refractivity (Wildman–Crippen MR) is 96.5 cm³/mol. The highest BCUT2D eigenvalue weighted by molar-refractivity contribution is 5.85. The molecule has 2 rings (SSSR count). The average Bonchev–Trinajstić information content (AvgIpc) is 2.38. The van der Waals surface area contributed by atoms with Gasteiger partial charge in [0, 0.05) is 24.8 Å². The van der Waals surface area contributed by atoms with Gasteiger partial charge >= 0.3 is 0 Å². The molecule has 2 N–H and O–H groups in total. The number of nitrogens with zero attached hydrogens (tertiary/aromatic N) is 2. The van der Waals surface area contributed by atoms with E-state index in [0.29, 0.717) is 6.04 Å². The summed E-state index contributed by atoms with van der Waals surface area (Å²) in [6, 6.07) is 8.93. The number of hydrogen-bond acceptors (Lipinski definition) is 3. The summed E-state index contributed by atoms with van der Waals surface area (Å²) in [4.78, 5) is 5.04. The van der Waals surface area contributed by atoms with Crippen LogP contribution in [0.15, 0.2) is 24.3 Å². The Morgan fingerprint density at radius 1 is 1.33 bits per heavy atom. The van der Waals surface area contributed by atoms with Crippen molar-refractivity contribution < 1.29 is 0 Å². The summed E-state index contributed by atoms with van der Waals surface area (Å²) in [5, 5.41) is 0. The number of nitrogens with two attached hydrogens (primary N) is 1. The SMILES string of the molecule is CCN1CCC(N(C)Cc2cccc(N)c2)C(C)C1.Cl.Cl. The molecule has 1 aliphatic rings. The number of anilines is 1. The molecule has 2 unspecified atom stereocenters. The van der Waals surface area contributed by atoms with Crippen molar-refractivity contribution in [3.8, 4) is 0 Å². The van der Waals surface area contributed by atoms with Crippen LogP contribution in [0.4, 0.5) is 5.69 Å². The summed E-state index contributed by atoms with van der Waals surface area (Å²) in [6.07, 6.45) is 1.27. The number of likely N-dealkylation sites (tertiary alicyclic amines) is 1. The lowest BCUT2D eigenvalue weighted by atomic mass is 9.92. The van der Waals surface area contributed by atoms with Gasteiger partial charge in [0.2, 0.25) is 0 Å². The van der Waals surface area contributed by atoms with Gasteiger partial charge in [-0.15, -0.1) is 24.8 Å². The van der Waals surface area contributed by atoms with Crippen LogP contribution < -0.4 is 5.73 Å². The van der Waals surface area contributed by atoms with Gasteiger partial charge in [-0.05, 0) is 50.2 Å². The van der Waals surface area contributed by atoms with E-state index in [1.807, 2.05) is 12.1 Å². The topological polar surface area (TPSA) is 32.5 Å². The maximum atomic E-state index is 5.85. The Morgan fingerprint density at radius 2 is 2.05 bits per heavy atom. The van der Waals surface area contributed by atoms with Crippen LogP contribution in [0, 0.1) is 5.92 Å². The van der Waals surface area contributed by atoms with Crippen molar-refractivity contribution in [1.82, 2.24) is 9.80 Å². The van der Waals surface area contributed by atoms with Crippen LogP contribution in [-0.4, -0.2) is 42.5 Å². The van der Waals surface area contributed by atoms with Crippen LogP contribution in [-0.2, 0) is 6.54 Å². The molecule has 0 spiro atoms. The Hall–Kier alpha value is -0.480. The highest BCUT2D eigenvalue weighted by atomic mass is 35.5. The van der Waals surface area contributed by atoms with Gasteiger partial charge in [-0.3, -0.25) is 4.90 Å². The first-order valence-corrected chi connectivity index (χ1v) is 7.37. The second kappa shape index (κ2) is 9.52. The van der Waals surface area contributed by atoms with Gasteiger partial charge in [-0.25, -0.2) is 0 Å². The lowest BCUT2D eigenvalue weighted by Crippen LogP contribution is -2.48. The van der Waals surface area contributed by atoms with Crippen molar-refractivity contribution in [2.75, 3.05) is 32.4 Å². The summed E-state index contributed by atoms with van der Waals surface area (Å²) < 4.78 is 0. The van der Waals surface area contributed by atoms with Gasteiger partial charge in [0.05, 0.1) is 0 Å². The van der Waals surface area contributed by atoms with Crippen LogP contribution in [0.5, 0.6) is 0 Å². The van der Waals surface area contributed by atoms with E-state index in [1.54, 1.807) is 0 Å². The summed E-state index contributed by atoms with van der Waals surface area (Å²) in [6.45, 7) is 9.25. The van der Waals surface area contributed by atoms with Gasteiger partial charge in [-0.1, -0.05) is 26.0 Å². The molecule has 5 heteroatoms. The van der Waals surface area contributed by atoms with E-state index in [1.165, 1.54) is 31.6 Å². The van der Waals surface area contributed by atoms with Gasteiger partial charge < -0.3 is 10.6 Å². The lowest BCUT2D eigenvalue weighted by molar-refractivity contribution is 0.0787. The molecular formula is C16H29Cl2N3. The van der Waals surface area contributed by atoms with E-state index >= 15 is 0 Å². The molecule has 0 aromatic heterocycles. The molecule has 1 aliphatic heterocycles. The van der Waals surface area contributed by atoms with Gasteiger partial charge in [0.25, 0.3) is 0 Å². The molecule has 1 fully saturated rings. The molecule has 1 heterocycles. The molecule has 0 radical (unpaired) electrons. The van der Waals surface area contributed by atoms with E-state index in [-0.39, 0.29) is 24.8 Å². The number of rotatable bonds is 4. The van der Waals surface area contributed by atoms with Crippen LogP contribution in [0.2, 0.25) is 0 Å². The Labute approximate surface area is 141 Å². The van der Waals surface area contributed by atoms with Crippen LogP contribution in [0.3, 0.4) is 0 Å². The molecule has 1 aromatic carbocycles. The fourth-order valence-corrected chi connectivity index (χ4v) is 3.26. The minimum Gasteiger partial charge on any atom is -0.399 e. The Bertz CT molecular complexity index is 414. The zero-order valence-electron chi connectivity index (χ0n) is 13.3. The fraction of sp³-hybridized carbons (Fsp3) is 0.625. The molecular weight excluding hydrogens is 305 g/mol. The Kier molecular flexibility index (Phi) is 9.30. The quantitative estimate of drug-likeness (QED) is 0.858. The molecule has 1 saturated heterocycles. The fourth-order valence-electron chi connectivity index (χ4n) is 3.26. The maximum absolute atomic E-state index is 5.85. The van der Waals surface area contributed by atoms with E-state index in [4.69, 9.17) is 5.73 Å². The van der Waals surface area contributed by atoms with Crippen LogP contribution in [0.1, 0.15) is 25.8 Å². The lowest BCUT2D eigenvalue weighted by Gasteiger charge is -2.41. The first-order chi connectivity index (χ1) is 9.10. The molecule has 0 aliphatic carbocycles. The van der Waals surface area contributed by atoms with Crippen LogP contribution >= 0.6 is 24.8 Å². The second-order valence-corrected chi connectivity index (χ2v) is 5.89. The zero-order chi connectivity index (χ0) is 13.8. The van der Waals surface area contributed by atoms with Crippen molar-refractivity contribution in [2.24, 2.45) is 5.92 Å². The normalized spacial score (nSPS) is 22.5. The molecule has 122 valence electrons. The molecule has 21 heavy (non-hydrogen) atoms. The Morgan fingerprint density at radius 3 is 2.62 bits per heavy atom. The maximum Gasteiger partial charge on any atom is 0.0317 e. The predicted octanol–water partition coefficient (Wildman–Crippen LogP) is 3.27. The first kappa shape index (κ1) is 20.5. The average molecular weight is 334 g/mol. The zero-order valence-corrected chi connectivity index (χ0v) is 14.9. The van der Waals surface area contributed by atoms with Gasteiger partial charge in [-0.2, -0.15) is 0 Å². The largest absolute Gasteiger partial charge is 0.399 e. The summed E-state index contributed by atoms with van der Waals surface area (Å²) in [7, 11) is 2.24. The third kappa shape index (κ3) is 5.67. The van der Waals surface area contributed by atoms with Gasteiger partial charge in [0.15, 0.2) is 0 Å². The molecule has 0 bridgehead atoms. The second-order valence-electron chi connectivity index (χ2n) is 5.89. The smallest absolute Gasteiger partial charge is 0.0317 e. The summed E-state index contributed by atoms with van der Waals surface area (Å²) in [5.74, 6) is 0.736. The minimum absolute atomic E-state index is 0. The van der Waals surface area contributed by atoms with Gasteiger partial charge in [0.1, 0.15) is 0 Å². The van der Waals surface area contributed by atoms with Crippen LogP contribution in [0.25, 0.3) is 0 Å². The standard InChI is InChI=1S/C16H27N3.2ClH/c1-4-19-9-8-16(13(2)11-19)18(3)12-14-6-5-7-15(17)10-14;;/h5-7,10,13,16H,4,8-9,11-12,17H2,1-3H3;2*1H. The van der Waals surface area contributed by atoms with E-state index < -0.39 is 0 Å². The summed E-state index contributed by atoms with van der Waals surface area (Å²) >= 11 is 0. The number of hydrogen-bond donors (Lipinski definition) is 1. The molecule has 2 atom stereocenters. The number of piperidine rings is 1. The molecule has 0 amide bonds. The molecule has 3 nitrogen and oxygen atoms in total. The highest BCUT2D eigenvalue weighted by Crippen LogP contribution is 2.22. The Balaban J connectivity index is 0.00000200. The molecule has 0 saturated carbocycles. The van der Waals surface area contributed by atoms with Crippen molar-refractivity contribution >= 4 is 30.5 Å². The van der Waals surface area contributed by atoms with E-state index in [0.717, 1.165) is 18.2 Å². The van der Waals surface area contributed by atoms with E-state index in [2.05, 4.69) is 42.8 Å².